The molecule has 5 nitrogen and oxygen atoms in total. The molecule has 0 rings (SSSR count). The van der Waals surface area contributed by atoms with Gasteiger partial charge in [-0.15, -0.1) is 0 Å². The first kappa shape index (κ1) is 47.4. The first-order valence-electron chi connectivity index (χ1n) is 21.3. The van der Waals surface area contributed by atoms with E-state index >= 15 is 0 Å². The van der Waals surface area contributed by atoms with Crippen molar-refractivity contribution in [3.63, 3.8) is 0 Å². The van der Waals surface area contributed by atoms with Crippen molar-refractivity contribution in [3.8, 4) is 0 Å². The number of aliphatic hydroxyl groups is 1. The SMILES string of the molecule is CCCCCCCCC=CCCCCCCCC(=O)OCC(CO)(CCCC)COC(=O)CCCCCCCC=CCCCCCCCC. The number of carbonyl (C=O) groups excluding carboxylic acids is 2. The van der Waals surface area contributed by atoms with Crippen molar-refractivity contribution in [2.75, 3.05) is 19.8 Å². The van der Waals surface area contributed by atoms with Gasteiger partial charge < -0.3 is 14.6 Å². The van der Waals surface area contributed by atoms with Crippen LogP contribution >= 0.6 is 0 Å². The van der Waals surface area contributed by atoms with Crippen LogP contribution in [0.2, 0.25) is 0 Å². The van der Waals surface area contributed by atoms with Gasteiger partial charge in [0, 0.05) is 12.8 Å². The maximum atomic E-state index is 12.5. The Bertz CT molecular complexity index is 717. The molecule has 0 heterocycles. The number of aliphatic hydroxyl groups excluding tert-OH is 1. The highest BCUT2D eigenvalue weighted by Gasteiger charge is 2.32. The lowest BCUT2D eigenvalue weighted by molar-refractivity contribution is -0.157. The van der Waals surface area contributed by atoms with Crippen molar-refractivity contribution in [3.05, 3.63) is 24.3 Å². The highest BCUT2D eigenvalue weighted by Crippen LogP contribution is 2.26. The summed E-state index contributed by atoms with van der Waals surface area (Å²) in [6, 6.07) is 0. The van der Waals surface area contributed by atoms with Gasteiger partial charge in [-0.2, -0.15) is 0 Å². The third-order valence-electron chi connectivity index (χ3n) is 9.76. The average molecular weight is 691 g/mol. The number of allylic oxidation sites excluding steroid dienone is 4. The largest absolute Gasteiger partial charge is 0.465 e. The summed E-state index contributed by atoms with van der Waals surface area (Å²) in [7, 11) is 0. The van der Waals surface area contributed by atoms with Crippen LogP contribution in [0.3, 0.4) is 0 Å². The molecular formula is C44H82O5. The van der Waals surface area contributed by atoms with E-state index in [1.54, 1.807) is 0 Å². The predicted molar refractivity (Wildman–Crippen MR) is 210 cm³/mol. The van der Waals surface area contributed by atoms with Gasteiger partial charge in [-0.25, -0.2) is 0 Å². The number of unbranched alkanes of at least 4 members (excludes halogenated alkanes) is 23. The molecule has 0 aromatic rings. The van der Waals surface area contributed by atoms with Crippen LogP contribution in [0.1, 0.15) is 220 Å². The summed E-state index contributed by atoms with van der Waals surface area (Å²) in [6.07, 6.45) is 44.5. The highest BCUT2D eigenvalue weighted by atomic mass is 16.5. The Kier molecular flexibility index (Phi) is 36.4. The Morgan fingerprint density at radius 2 is 0.755 bits per heavy atom. The summed E-state index contributed by atoms with van der Waals surface area (Å²) in [5, 5.41) is 10.3. The van der Waals surface area contributed by atoms with Gasteiger partial charge in [0.15, 0.2) is 0 Å². The molecule has 288 valence electrons. The molecular weight excluding hydrogens is 608 g/mol. The molecule has 1 N–H and O–H groups in total. The van der Waals surface area contributed by atoms with E-state index in [1.165, 1.54) is 116 Å². The van der Waals surface area contributed by atoms with E-state index in [0.29, 0.717) is 19.3 Å². The lowest BCUT2D eigenvalue weighted by Gasteiger charge is -2.30. The van der Waals surface area contributed by atoms with Crippen molar-refractivity contribution in [1.29, 1.82) is 0 Å². The zero-order chi connectivity index (χ0) is 35.9. The molecule has 0 unspecified atom stereocenters. The van der Waals surface area contributed by atoms with Crippen LogP contribution in [-0.2, 0) is 19.1 Å². The molecule has 0 bridgehead atoms. The fourth-order valence-corrected chi connectivity index (χ4v) is 6.20. The first-order valence-corrected chi connectivity index (χ1v) is 21.3. The number of hydrogen-bond donors (Lipinski definition) is 1. The van der Waals surface area contributed by atoms with Crippen LogP contribution in [0.5, 0.6) is 0 Å². The van der Waals surface area contributed by atoms with E-state index in [0.717, 1.165) is 64.2 Å². The molecule has 0 fully saturated rings. The molecule has 0 spiro atoms. The van der Waals surface area contributed by atoms with E-state index in [4.69, 9.17) is 9.47 Å². The van der Waals surface area contributed by atoms with E-state index in [-0.39, 0.29) is 31.8 Å². The standard InChI is InChI=1S/C44H82O5/c1-4-7-10-12-14-16-18-20-22-24-26-28-30-32-34-36-42(46)48-40-44(39-45,38-9-6-3)41-49-43(47)37-35-33-31-29-27-25-23-21-19-17-15-13-11-8-5-2/h20-23,45H,4-19,24-41H2,1-3H3. The zero-order valence-corrected chi connectivity index (χ0v) is 32.9. The van der Waals surface area contributed by atoms with Crippen molar-refractivity contribution in [2.24, 2.45) is 5.41 Å². The van der Waals surface area contributed by atoms with Gasteiger partial charge in [-0.1, -0.05) is 161 Å². The average Bonchev–Trinajstić information content (AvgIpc) is 3.11. The van der Waals surface area contributed by atoms with Crippen molar-refractivity contribution in [2.45, 2.75) is 220 Å². The number of rotatable bonds is 38. The molecule has 0 aromatic carbocycles. The van der Waals surface area contributed by atoms with E-state index in [9.17, 15) is 14.7 Å². The van der Waals surface area contributed by atoms with Crippen molar-refractivity contribution >= 4 is 11.9 Å². The normalized spacial score (nSPS) is 13.0. The third kappa shape index (κ3) is 33.3. The van der Waals surface area contributed by atoms with Gasteiger partial charge in [-0.05, 0) is 70.6 Å². The second-order valence-electron chi connectivity index (χ2n) is 14.8. The number of esters is 2. The monoisotopic (exact) mass is 691 g/mol. The third-order valence-corrected chi connectivity index (χ3v) is 9.76. The minimum absolute atomic E-state index is 0.105. The molecule has 0 saturated heterocycles. The quantitative estimate of drug-likeness (QED) is 0.0396. The van der Waals surface area contributed by atoms with Gasteiger partial charge in [0.05, 0.1) is 12.0 Å². The Hall–Kier alpha value is -1.62. The summed E-state index contributed by atoms with van der Waals surface area (Å²) >= 11 is 0. The summed E-state index contributed by atoms with van der Waals surface area (Å²) < 4.78 is 11.3. The highest BCUT2D eigenvalue weighted by molar-refractivity contribution is 5.69. The minimum atomic E-state index is -0.716. The summed E-state index contributed by atoms with van der Waals surface area (Å²) in [5.41, 5.74) is -0.716. The molecule has 0 amide bonds. The molecule has 49 heavy (non-hydrogen) atoms. The molecule has 0 radical (unpaired) electrons. The van der Waals surface area contributed by atoms with Gasteiger partial charge in [0.25, 0.3) is 0 Å². The lowest BCUT2D eigenvalue weighted by Crippen LogP contribution is -2.38. The fraction of sp³-hybridized carbons (Fsp3) is 0.864. The molecule has 0 aliphatic rings. The molecule has 0 atom stereocenters. The summed E-state index contributed by atoms with van der Waals surface area (Å²) in [5.74, 6) is -0.432. The van der Waals surface area contributed by atoms with Gasteiger partial charge in [0.2, 0.25) is 0 Å². The Labute approximate surface area is 304 Å². The molecule has 5 heteroatoms. The molecule has 0 aromatic heterocycles. The summed E-state index contributed by atoms with van der Waals surface area (Å²) in [4.78, 5) is 25.0. The van der Waals surface area contributed by atoms with Crippen LogP contribution in [0, 0.1) is 5.41 Å². The van der Waals surface area contributed by atoms with Crippen LogP contribution in [-0.4, -0.2) is 36.9 Å². The van der Waals surface area contributed by atoms with Gasteiger partial charge >= 0.3 is 11.9 Å². The van der Waals surface area contributed by atoms with E-state index in [1.807, 2.05) is 0 Å². The number of carbonyl (C=O) groups is 2. The predicted octanol–water partition coefficient (Wildman–Crippen LogP) is 13.3. The Morgan fingerprint density at radius 3 is 1.08 bits per heavy atom. The second kappa shape index (κ2) is 37.6. The van der Waals surface area contributed by atoms with Crippen LogP contribution in [0.25, 0.3) is 0 Å². The number of ether oxygens (including phenoxy) is 2. The maximum Gasteiger partial charge on any atom is 0.305 e. The smallest absolute Gasteiger partial charge is 0.305 e. The van der Waals surface area contributed by atoms with Crippen LogP contribution < -0.4 is 0 Å². The first-order chi connectivity index (χ1) is 24.0. The minimum Gasteiger partial charge on any atom is -0.465 e. The van der Waals surface area contributed by atoms with Gasteiger partial charge in [-0.3, -0.25) is 9.59 Å². The topological polar surface area (TPSA) is 72.8 Å². The van der Waals surface area contributed by atoms with E-state index < -0.39 is 5.41 Å². The maximum absolute atomic E-state index is 12.5. The fourth-order valence-electron chi connectivity index (χ4n) is 6.20. The van der Waals surface area contributed by atoms with Crippen molar-refractivity contribution in [1.82, 2.24) is 0 Å². The van der Waals surface area contributed by atoms with Crippen LogP contribution in [0.4, 0.5) is 0 Å². The molecule has 0 aliphatic heterocycles. The Morgan fingerprint density at radius 1 is 0.449 bits per heavy atom. The molecule has 0 saturated carbocycles. The van der Waals surface area contributed by atoms with Gasteiger partial charge in [0.1, 0.15) is 13.2 Å². The van der Waals surface area contributed by atoms with Crippen LogP contribution in [0.15, 0.2) is 24.3 Å². The lowest BCUT2D eigenvalue weighted by atomic mass is 9.85. The number of hydrogen-bond acceptors (Lipinski definition) is 5. The second-order valence-corrected chi connectivity index (χ2v) is 14.8. The van der Waals surface area contributed by atoms with E-state index in [2.05, 4.69) is 45.1 Å². The molecule has 0 aliphatic carbocycles. The summed E-state index contributed by atoms with van der Waals surface area (Å²) in [6.45, 7) is 6.67. The zero-order valence-electron chi connectivity index (χ0n) is 32.9. The van der Waals surface area contributed by atoms with Crippen molar-refractivity contribution < 1.29 is 24.2 Å². The Balaban J connectivity index is 4.00.